The third-order valence-corrected chi connectivity index (χ3v) is 7.88. The summed E-state index contributed by atoms with van der Waals surface area (Å²) in [4.78, 5) is 20.6. The van der Waals surface area contributed by atoms with Crippen molar-refractivity contribution in [3.63, 3.8) is 0 Å². The highest BCUT2D eigenvalue weighted by atomic mass is 127. The number of nitrogens with one attached hydrogen (secondary N) is 2. The quantitative estimate of drug-likeness (QED) is 0.144. The fourth-order valence-corrected chi connectivity index (χ4v) is 5.88. The highest BCUT2D eigenvalue weighted by Gasteiger charge is 2.25. The molecule has 1 aromatic heterocycles. The summed E-state index contributed by atoms with van der Waals surface area (Å²) in [5, 5.41) is 6.75. The molecule has 214 valence electrons. The molecular weight excluding hydrogens is 649 g/mol. The Kier molecular flexibility index (Phi) is 7.86. The number of halogens is 3. The molecule has 1 saturated heterocycles. The van der Waals surface area contributed by atoms with E-state index >= 15 is 0 Å². The lowest BCUT2D eigenvalue weighted by atomic mass is 9.95. The van der Waals surface area contributed by atoms with Crippen LogP contribution >= 0.6 is 22.6 Å². The Morgan fingerprint density at radius 1 is 1.02 bits per heavy atom. The summed E-state index contributed by atoms with van der Waals surface area (Å²) < 4.78 is 30.6. The second-order valence-corrected chi connectivity index (χ2v) is 11.8. The maximum Gasteiger partial charge on any atom is 0.227 e. The van der Waals surface area contributed by atoms with E-state index in [1.807, 2.05) is 42.5 Å². The molecule has 2 atom stereocenters. The van der Waals surface area contributed by atoms with Gasteiger partial charge in [-0.05, 0) is 85.0 Å². The van der Waals surface area contributed by atoms with Gasteiger partial charge in [-0.25, -0.2) is 23.7 Å². The molecule has 4 aromatic rings. The molecule has 0 amide bonds. The summed E-state index contributed by atoms with van der Waals surface area (Å²) in [6.07, 6.45) is 1.70. The minimum atomic E-state index is -0.662. The van der Waals surface area contributed by atoms with E-state index in [9.17, 15) is 8.78 Å². The van der Waals surface area contributed by atoms with Crippen molar-refractivity contribution in [3.05, 3.63) is 98.8 Å². The van der Waals surface area contributed by atoms with Gasteiger partial charge in [-0.2, -0.15) is 0 Å². The summed E-state index contributed by atoms with van der Waals surface area (Å²) in [5.74, 6) is -0.442. The van der Waals surface area contributed by atoms with Crippen molar-refractivity contribution in [2.45, 2.75) is 32.5 Å². The first-order valence-corrected chi connectivity index (χ1v) is 14.7. The minimum Gasteiger partial charge on any atom is -0.369 e. The molecule has 1 fully saturated rings. The van der Waals surface area contributed by atoms with Gasteiger partial charge in [0.25, 0.3) is 0 Å². The van der Waals surface area contributed by atoms with Crippen LogP contribution in [-0.4, -0.2) is 51.7 Å². The van der Waals surface area contributed by atoms with Crippen molar-refractivity contribution < 1.29 is 8.78 Å². The van der Waals surface area contributed by atoms with Crippen LogP contribution in [0.2, 0.25) is 0 Å². The van der Waals surface area contributed by atoms with Gasteiger partial charge in [0.1, 0.15) is 11.6 Å². The number of aliphatic imine (C=N–C) groups is 2. The smallest absolute Gasteiger partial charge is 0.227 e. The average Bonchev–Trinajstić information content (AvgIpc) is 3.10. The third kappa shape index (κ3) is 5.84. The van der Waals surface area contributed by atoms with Crippen molar-refractivity contribution in [1.82, 2.24) is 20.2 Å². The number of piperazine rings is 1. The first kappa shape index (κ1) is 28.2. The number of nitrogens with zero attached hydrogens (tertiary/aromatic N) is 5. The highest BCUT2D eigenvalue weighted by Crippen LogP contribution is 2.34. The van der Waals surface area contributed by atoms with Crippen molar-refractivity contribution in [2.24, 2.45) is 15.7 Å². The Morgan fingerprint density at radius 2 is 1.74 bits per heavy atom. The number of aromatic nitrogens is 2. The highest BCUT2D eigenvalue weighted by molar-refractivity contribution is 14.1. The van der Waals surface area contributed by atoms with Gasteiger partial charge in [0.05, 0.1) is 29.2 Å². The lowest BCUT2D eigenvalue weighted by Gasteiger charge is -2.36. The zero-order valence-electron chi connectivity index (χ0n) is 23.1. The standard InChI is InChI=1S/C31H29F2IN8/c1-17-15-42(16-18(2)38-17)30(35)39-21-7-9-22(10-8-21)40-31-37-14-19-13-36-29(27-25(32)4-3-5-26(27)33)24-12-20(34)6-11-23(24)28(19)41-31/h3-12,14,17-18,38H,13,15-16H2,1-2H3,(H2,35,39)(H,37,40,41). The average molecular weight is 679 g/mol. The van der Waals surface area contributed by atoms with E-state index in [0.29, 0.717) is 35.2 Å². The molecule has 11 heteroatoms. The number of guanidine groups is 1. The largest absolute Gasteiger partial charge is 0.369 e. The van der Waals surface area contributed by atoms with Crippen LogP contribution in [0.4, 0.5) is 26.1 Å². The molecular formula is C31H29F2IN8. The Hall–Kier alpha value is -3.97. The van der Waals surface area contributed by atoms with Crippen LogP contribution in [0.5, 0.6) is 0 Å². The molecule has 0 aliphatic carbocycles. The third-order valence-electron chi connectivity index (χ3n) is 7.21. The maximum atomic E-state index is 14.8. The Morgan fingerprint density at radius 3 is 2.45 bits per heavy atom. The zero-order valence-corrected chi connectivity index (χ0v) is 25.2. The second-order valence-electron chi connectivity index (χ2n) is 10.5. The van der Waals surface area contributed by atoms with Gasteiger partial charge < -0.3 is 21.3 Å². The Bertz CT molecular complexity index is 1680. The number of rotatable bonds is 4. The van der Waals surface area contributed by atoms with Crippen LogP contribution < -0.4 is 16.4 Å². The predicted octanol–water partition coefficient (Wildman–Crippen LogP) is 5.75. The number of benzene rings is 3. The molecule has 3 heterocycles. The molecule has 0 spiro atoms. The SMILES string of the molecule is CC1CN(C(N)=Nc2ccc(Nc3ncc4c(n3)-c3ccc(I)cc3C(c3c(F)cccc3F)=NC4)cc2)CC(C)N1. The van der Waals surface area contributed by atoms with Gasteiger partial charge in [0, 0.05) is 57.3 Å². The van der Waals surface area contributed by atoms with Gasteiger partial charge in [0.2, 0.25) is 5.95 Å². The summed E-state index contributed by atoms with van der Waals surface area (Å²) in [6, 6.07) is 17.8. The Balaban J connectivity index is 1.27. The van der Waals surface area contributed by atoms with E-state index in [0.717, 1.165) is 39.2 Å². The van der Waals surface area contributed by atoms with Gasteiger partial charge in [-0.1, -0.05) is 12.1 Å². The molecule has 4 N–H and O–H groups in total. The minimum absolute atomic E-state index is 0.149. The lowest BCUT2D eigenvalue weighted by Crippen LogP contribution is -2.57. The number of nitrogens with two attached hydrogens (primary N) is 1. The molecule has 42 heavy (non-hydrogen) atoms. The molecule has 0 radical (unpaired) electrons. The van der Waals surface area contributed by atoms with E-state index in [-0.39, 0.29) is 17.8 Å². The van der Waals surface area contributed by atoms with Crippen LogP contribution in [0.1, 0.15) is 30.5 Å². The lowest BCUT2D eigenvalue weighted by molar-refractivity contribution is 0.253. The molecule has 2 aliphatic rings. The van der Waals surface area contributed by atoms with Crippen molar-refractivity contribution in [1.29, 1.82) is 0 Å². The summed E-state index contributed by atoms with van der Waals surface area (Å²) in [6.45, 7) is 6.06. The van der Waals surface area contributed by atoms with E-state index in [4.69, 9.17) is 10.7 Å². The van der Waals surface area contributed by atoms with Crippen molar-refractivity contribution in [2.75, 3.05) is 18.4 Å². The van der Waals surface area contributed by atoms with Crippen LogP contribution in [-0.2, 0) is 6.54 Å². The van der Waals surface area contributed by atoms with Gasteiger partial charge >= 0.3 is 0 Å². The Labute approximate surface area is 256 Å². The normalized spacial score (nSPS) is 18.5. The van der Waals surface area contributed by atoms with Crippen LogP contribution in [0.3, 0.4) is 0 Å². The number of hydrogen-bond acceptors (Lipinski definition) is 6. The molecule has 6 rings (SSSR count). The van der Waals surface area contributed by atoms with E-state index in [1.165, 1.54) is 18.2 Å². The van der Waals surface area contributed by atoms with Gasteiger partial charge in [-0.15, -0.1) is 0 Å². The van der Waals surface area contributed by atoms with Gasteiger partial charge in [-0.3, -0.25) is 4.99 Å². The predicted molar refractivity (Wildman–Crippen MR) is 171 cm³/mol. The fourth-order valence-electron chi connectivity index (χ4n) is 5.39. The molecule has 0 saturated carbocycles. The summed E-state index contributed by atoms with van der Waals surface area (Å²) >= 11 is 2.18. The number of hydrogen-bond donors (Lipinski definition) is 3. The monoisotopic (exact) mass is 678 g/mol. The van der Waals surface area contributed by atoms with Crippen molar-refractivity contribution >= 4 is 51.6 Å². The van der Waals surface area contributed by atoms with E-state index in [2.05, 4.69) is 66.9 Å². The summed E-state index contributed by atoms with van der Waals surface area (Å²) in [7, 11) is 0. The van der Waals surface area contributed by atoms with E-state index < -0.39 is 11.6 Å². The van der Waals surface area contributed by atoms with E-state index in [1.54, 1.807) is 6.20 Å². The van der Waals surface area contributed by atoms with Crippen LogP contribution in [0.25, 0.3) is 11.3 Å². The first-order valence-electron chi connectivity index (χ1n) is 13.6. The van der Waals surface area contributed by atoms with Crippen molar-refractivity contribution in [3.8, 4) is 11.3 Å². The molecule has 8 nitrogen and oxygen atoms in total. The van der Waals surface area contributed by atoms with Crippen LogP contribution in [0.15, 0.2) is 76.8 Å². The number of fused-ring (bicyclic) bond motifs is 3. The molecule has 2 aliphatic heterocycles. The fraction of sp³-hybridized carbons (Fsp3) is 0.226. The van der Waals surface area contributed by atoms with Crippen LogP contribution in [0, 0.1) is 15.2 Å². The topological polar surface area (TPSA) is 104 Å². The first-order chi connectivity index (χ1) is 20.2. The maximum absolute atomic E-state index is 14.8. The molecule has 2 unspecified atom stereocenters. The molecule has 3 aromatic carbocycles. The van der Waals surface area contributed by atoms with Gasteiger partial charge in [0.15, 0.2) is 5.96 Å². The summed E-state index contributed by atoms with van der Waals surface area (Å²) in [5.41, 5.74) is 10.7. The molecule has 0 bridgehead atoms. The number of anilines is 2. The zero-order chi connectivity index (χ0) is 29.4. The second kappa shape index (κ2) is 11.7.